The largest absolute Gasteiger partial charge is 0.447 e. The van der Waals surface area contributed by atoms with Crippen LogP contribution in [0.2, 0.25) is 0 Å². The van der Waals surface area contributed by atoms with E-state index < -0.39 is 6.09 Å². The summed E-state index contributed by atoms with van der Waals surface area (Å²) in [6.07, 6.45) is 0.0748. The summed E-state index contributed by atoms with van der Waals surface area (Å²) in [6, 6.07) is 13.1. The van der Waals surface area contributed by atoms with Crippen LogP contribution in [0.4, 0.5) is 4.79 Å². The third-order valence-electron chi connectivity index (χ3n) is 3.35. The van der Waals surface area contributed by atoms with E-state index in [-0.39, 0.29) is 24.1 Å². The highest BCUT2D eigenvalue weighted by atomic mass is 79.9. The molecule has 7 heteroatoms. The lowest BCUT2D eigenvalue weighted by Crippen LogP contribution is -2.44. The Morgan fingerprint density at radius 1 is 1.15 bits per heavy atom. The van der Waals surface area contributed by atoms with Gasteiger partial charge in [0.25, 0.3) is 5.91 Å². The first-order valence-corrected chi connectivity index (χ1v) is 9.89. The number of thiophene rings is 1. The summed E-state index contributed by atoms with van der Waals surface area (Å²) in [5.41, 5.74) is 0.684. The average Bonchev–Trinajstić information content (AvgIpc) is 2.98. The van der Waals surface area contributed by atoms with Crippen LogP contribution in [0.15, 0.2) is 46.3 Å². The van der Waals surface area contributed by atoms with Crippen molar-refractivity contribution in [1.82, 2.24) is 10.6 Å². The van der Waals surface area contributed by atoms with E-state index >= 15 is 0 Å². The van der Waals surface area contributed by atoms with Gasteiger partial charge in [-0.3, -0.25) is 4.79 Å². The van der Waals surface area contributed by atoms with Crippen LogP contribution in [0.25, 0.3) is 0 Å². The van der Waals surface area contributed by atoms with Crippen LogP contribution in [-0.2, 0) is 11.2 Å². The zero-order valence-corrected chi connectivity index (χ0v) is 17.4. The third-order valence-corrected chi connectivity index (χ3v) is 4.97. The van der Waals surface area contributed by atoms with Gasteiger partial charge in [-0.05, 0) is 60.8 Å². The van der Waals surface area contributed by atoms with Crippen molar-refractivity contribution in [1.29, 1.82) is 0 Å². The van der Waals surface area contributed by atoms with E-state index in [0.29, 0.717) is 11.3 Å². The van der Waals surface area contributed by atoms with Gasteiger partial charge >= 0.3 is 6.09 Å². The molecule has 0 spiro atoms. The minimum atomic E-state index is -0.497. The highest BCUT2D eigenvalue weighted by Gasteiger charge is 2.20. The number of halogens is 1. The third kappa shape index (κ3) is 7.17. The molecule has 1 atom stereocenters. The summed E-state index contributed by atoms with van der Waals surface area (Å²) in [5, 5.41) is 5.71. The normalized spacial score (nSPS) is 12.3. The van der Waals surface area contributed by atoms with Crippen LogP contribution >= 0.6 is 27.3 Å². The van der Waals surface area contributed by atoms with Crippen molar-refractivity contribution in [2.24, 2.45) is 0 Å². The van der Waals surface area contributed by atoms with E-state index in [1.165, 1.54) is 11.3 Å². The van der Waals surface area contributed by atoms with Crippen LogP contribution in [0.1, 0.15) is 36.0 Å². The van der Waals surface area contributed by atoms with Gasteiger partial charge in [0.2, 0.25) is 0 Å². The minimum absolute atomic E-state index is 0.0924. The van der Waals surface area contributed by atoms with Crippen LogP contribution in [0.3, 0.4) is 0 Å². The zero-order chi connectivity index (χ0) is 19.2. The fraction of sp³-hybridized carbons (Fsp3) is 0.368. The van der Waals surface area contributed by atoms with Crippen molar-refractivity contribution < 1.29 is 14.3 Å². The van der Waals surface area contributed by atoms with E-state index in [9.17, 15) is 9.59 Å². The second kappa shape index (κ2) is 9.19. The number of amides is 2. The highest BCUT2D eigenvalue weighted by molar-refractivity contribution is 9.11. The predicted octanol–water partition coefficient (Wildman–Crippen LogP) is 4.38. The summed E-state index contributed by atoms with van der Waals surface area (Å²) < 4.78 is 6.22. The number of hydrogen-bond acceptors (Lipinski definition) is 4. The molecule has 1 aromatic carbocycles. The van der Waals surface area contributed by atoms with E-state index in [4.69, 9.17) is 4.74 Å². The summed E-state index contributed by atoms with van der Waals surface area (Å²) >= 11 is 4.72. The summed E-state index contributed by atoms with van der Waals surface area (Å²) in [7, 11) is 0. The molecule has 0 aliphatic heterocycles. The molecule has 5 nitrogen and oxygen atoms in total. The number of rotatable bonds is 6. The molecule has 2 aromatic rings. The molecule has 0 saturated heterocycles. The Hall–Kier alpha value is -1.86. The first-order chi connectivity index (χ1) is 12.2. The van der Waals surface area contributed by atoms with Crippen molar-refractivity contribution in [2.45, 2.75) is 38.8 Å². The van der Waals surface area contributed by atoms with E-state index in [0.717, 1.165) is 9.35 Å². The Bertz CT molecular complexity index is 741. The first-order valence-electron chi connectivity index (χ1n) is 8.28. The average molecular weight is 439 g/mol. The maximum absolute atomic E-state index is 12.5. The molecule has 140 valence electrons. The Morgan fingerprint density at radius 2 is 1.85 bits per heavy atom. The van der Waals surface area contributed by atoms with Crippen LogP contribution in [0.5, 0.6) is 0 Å². The molecule has 26 heavy (non-hydrogen) atoms. The quantitative estimate of drug-likeness (QED) is 0.702. The van der Waals surface area contributed by atoms with Gasteiger partial charge in [0.1, 0.15) is 6.61 Å². The zero-order valence-electron chi connectivity index (χ0n) is 15.0. The van der Waals surface area contributed by atoms with Gasteiger partial charge in [-0.2, -0.15) is 0 Å². The number of nitrogens with one attached hydrogen (secondary N) is 2. The number of carbonyl (C=O) groups is 2. The molecule has 0 aliphatic rings. The van der Waals surface area contributed by atoms with E-state index in [1.54, 1.807) is 6.07 Å². The minimum Gasteiger partial charge on any atom is -0.447 e. The van der Waals surface area contributed by atoms with Crippen LogP contribution < -0.4 is 10.6 Å². The molecule has 1 heterocycles. The van der Waals surface area contributed by atoms with Crippen molar-refractivity contribution >= 4 is 39.3 Å². The highest BCUT2D eigenvalue weighted by Crippen LogP contribution is 2.22. The first kappa shape index (κ1) is 20.5. The molecule has 1 unspecified atom stereocenters. The lowest BCUT2D eigenvalue weighted by atomic mass is 10.1. The second-order valence-corrected chi connectivity index (χ2v) is 9.40. The number of benzene rings is 1. The van der Waals surface area contributed by atoms with Gasteiger partial charge in [0.05, 0.1) is 14.7 Å². The summed E-state index contributed by atoms with van der Waals surface area (Å²) in [5.74, 6) is -0.179. The fourth-order valence-electron chi connectivity index (χ4n) is 2.26. The topological polar surface area (TPSA) is 67.4 Å². The molecule has 2 amide bonds. The number of ether oxygens (including phenoxy) is 1. The van der Waals surface area contributed by atoms with Gasteiger partial charge < -0.3 is 15.4 Å². The Balaban J connectivity index is 2.01. The van der Waals surface area contributed by atoms with Crippen LogP contribution in [0, 0.1) is 0 Å². The van der Waals surface area contributed by atoms with Gasteiger partial charge in [-0.15, -0.1) is 11.3 Å². The Labute approximate surface area is 166 Å². The molecule has 0 fully saturated rings. The molecule has 0 saturated carbocycles. The SMILES string of the molecule is CC(C)(C)NC(=O)OCC(Cc1ccccc1)NC(=O)c1ccc(Br)s1. The Morgan fingerprint density at radius 3 is 2.42 bits per heavy atom. The summed E-state index contributed by atoms with van der Waals surface area (Å²) in [4.78, 5) is 25.0. The van der Waals surface area contributed by atoms with Gasteiger partial charge in [-0.25, -0.2) is 4.79 Å². The number of alkyl carbamates (subject to hydrolysis) is 1. The monoisotopic (exact) mass is 438 g/mol. The number of hydrogen-bond donors (Lipinski definition) is 2. The van der Waals surface area contributed by atoms with Gasteiger partial charge in [-0.1, -0.05) is 30.3 Å². The van der Waals surface area contributed by atoms with Crippen molar-refractivity contribution in [3.8, 4) is 0 Å². The van der Waals surface area contributed by atoms with E-state index in [2.05, 4.69) is 26.6 Å². The molecule has 0 aliphatic carbocycles. The molecule has 2 N–H and O–H groups in total. The predicted molar refractivity (Wildman–Crippen MR) is 108 cm³/mol. The molecule has 2 rings (SSSR count). The van der Waals surface area contributed by atoms with Gasteiger partial charge in [0.15, 0.2) is 0 Å². The molecular weight excluding hydrogens is 416 g/mol. The summed E-state index contributed by atoms with van der Waals surface area (Å²) in [6.45, 7) is 5.74. The van der Waals surface area contributed by atoms with Crippen LogP contribution in [-0.4, -0.2) is 30.2 Å². The lowest BCUT2D eigenvalue weighted by Gasteiger charge is -2.22. The van der Waals surface area contributed by atoms with Crippen molar-refractivity contribution in [2.75, 3.05) is 6.61 Å². The standard InChI is InChI=1S/C19H23BrN2O3S/c1-19(2,3)22-18(24)25-12-14(11-13-7-5-4-6-8-13)21-17(23)15-9-10-16(20)26-15/h4-10,14H,11-12H2,1-3H3,(H,21,23)(H,22,24). The number of carbonyl (C=O) groups excluding carboxylic acids is 2. The van der Waals surface area contributed by atoms with E-state index in [1.807, 2.05) is 57.2 Å². The Kier molecular flexibility index (Phi) is 7.23. The van der Waals surface area contributed by atoms with Crippen molar-refractivity contribution in [3.63, 3.8) is 0 Å². The molecular formula is C19H23BrN2O3S. The molecule has 0 bridgehead atoms. The smallest absolute Gasteiger partial charge is 0.407 e. The molecule has 1 aromatic heterocycles. The second-order valence-electron chi connectivity index (χ2n) is 6.94. The fourth-order valence-corrected chi connectivity index (χ4v) is 3.55. The maximum Gasteiger partial charge on any atom is 0.407 e. The van der Waals surface area contributed by atoms with Crippen molar-refractivity contribution in [3.05, 3.63) is 56.7 Å². The molecule has 0 radical (unpaired) electrons. The maximum atomic E-state index is 12.5. The van der Waals surface area contributed by atoms with Gasteiger partial charge in [0, 0.05) is 5.54 Å². The lowest BCUT2D eigenvalue weighted by molar-refractivity contribution is 0.0889.